The van der Waals surface area contributed by atoms with Gasteiger partial charge in [-0.3, -0.25) is 4.79 Å². The van der Waals surface area contributed by atoms with Gasteiger partial charge < -0.3 is 15.2 Å². The van der Waals surface area contributed by atoms with E-state index >= 15 is 0 Å². The van der Waals surface area contributed by atoms with Gasteiger partial charge in [0.05, 0.1) is 23.3 Å². The van der Waals surface area contributed by atoms with Crippen molar-refractivity contribution in [1.82, 2.24) is 5.32 Å². The Morgan fingerprint density at radius 3 is 2.57 bits per heavy atom. The lowest BCUT2D eigenvalue weighted by Gasteiger charge is -2.20. The Hall–Kier alpha value is -1.60. The topological polar surface area (TPSA) is 58.6 Å². The van der Waals surface area contributed by atoms with Crippen LogP contribution in [-0.4, -0.2) is 36.4 Å². The summed E-state index contributed by atoms with van der Waals surface area (Å²) in [6.07, 6.45) is -4.93. The lowest BCUT2D eigenvalue weighted by molar-refractivity contribution is -0.137. The summed E-state index contributed by atoms with van der Waals surface area (Å²) in [4.78, 5) is 12.0. The van der Waals surface area contributed by atoms with Crippen LogP contribution in [-0.2, 0) is 10.9 Å². The van der Waals surface area contributed by atoms with Crippen molar-refractivity contribution in [3.63, 3.8) is 0 Å². The Morgan fingerprint density at radius 2 is 2.00 bits per heavy atom. The maximum atomic E-state index is 12.9. The van der Waals surface area contributed by atoms with E-state index in [1.807, 2.05) is 0 Å². The smallest absolute Gasteiger partial charge is 0.388 e. The van der Waals surface area contributed by atoms with Crippen molar-refractivity contribution in [2.45, 2.75) is 37.3 Å². The lowest BCUT2D eigenvalue weighted by Crippen LogP contribution is -2.43. The molecule has 0 saturated heterocycles. The predicted molar refractivity (Wildman–Crippen MR) is 68.7 cm³/mol. The van der Waals surface area contributed by atoms with Gasteiger partial charge in [0, 0.05) is 7.11 Å². The fourth-order valence-corrected chi connectivity index (χ4v) is 2.53. The number of halogens is 3. The van der Waals surface area contributed by atoms with E-state index in [2.05, 4.69) is 5.32 Å². The molecular weight excluding hydrogens is 287 g/mol. The summed E-state index contributed by atoms with van der Waals surface area (Å²) in [5, 5.41) is 12.4. The Morgan fingerprint density at radius 1 is 1.33 bits per heavy atom. The third kappa shape index (κ3) is 3.36. The molecular formula is C14H16F3NO3. The molecule has 0 bridgehead atoms. The number of carbonyl (C=O) groups excluding carboxylic acids is 1. The summed E-state index contributed by atoms with van der Waals surface area (Å²) in [5.41, 5.74) is -1.43. The van der Waals surface area contributed by atoms with Crippen molar-refractivity contribution in [3.05, 3.63) is 35.4 Å². The number of aliphatic hydroxyl groups is 1. The number of rotatable bonds is 3. The molecule has 1 aliphatic carbocycles. The predicted octanol–water partition coefficient (Wildman–Crippen LogP) is 1.97. The number of methoxy groups -OCH3 is 1. The summed E-state index contributed by atoms with van der Waals surface area (Å²) >= 11 is 0. The fourth-order valence-electron chi connectivity index (χ4n) is 2.53. The van der Waals surface area contributed by atoms with Crippen molar-refractivity contribution >= 4 is 5.91 Å². The fraction of sp³-hybridized carbons (Fsp3) is 0.500. The van der Waals surface area contributed by atoms with Crippen LogP contribution in [0.15, 0.2) is 24.3 Å². The van der Waals surface area contributed by atoms with E-state index in [1.165, 1.54) is 19.2 Å². The average Bonchev–Trinajstić information content (AvgIpc) is 2.78. The number of nitrogens with one attached hydrogen (secondary N) is 1. The molecule has 0 aromatic heterocycles. The molecule has 3 atom stereocenters. The van der Waals surface area contributed by atoms with Crippen LogP contribution in [0.3, 0.4) is 0 Å². The Bertz CT molecular complexity index is 518. The van der Waals surface area contributed by atoms with Crippen molar-refractivity contribution in [1.29, 1.82) is 0 Å². The first-order valence-corrected chi connectivity index (χ1v) is 6.52. The van der Waals surface area contributed by atoms with Crippen LogP contribution < -0.4 is 5.32 Å². The molecule has 0 radical (unpaired) electrons. The first kappa shape index (κ1) is 15.8. The van der Waals surface area contributed by atoms with E-state index in [9.17, 15) is 23.1 Å². The highest BCUT2D eigenvalue weighted by Crippen LogP contribution is 2.32. The number of hydrogen-bond acceptors (Lipinski definition) is 3. The second-order valence-electron chi connectivity index (χ2n) is 4.97. The maximum absolute atomic E-state index is 12.9. The van der Waals surface area contributed by atoms with Gasteiger partial charge >= 0.3 is 6.18 Å². The number of benzene rings is 1. The zero-order valence-electron chi connectivity index (χ0n) is 11.4. The molecule has 4 nitrogen and oxygen atoms in total. The number of alkyl halides is 3. The van der Waals surface area contributed by atoms with Crippen LogP contribution in [0.1, 0.15) is 28.8 Å². The third-order valence-corrected chi connectivity index (χ3v) is 3.65. The normalized spacial score (nSPS) is 25.9. The van der Waals surface area contributed by atoms with Crippen LogP contribution >= 0.6 is 0 Å². The molecule has 116 valence electrons. The largest absolute Gasteiger partial charge is 0.417 e. The molecule has 0 spiro atoms. The third-order valence-electron chi connectivity index (χ3n) is 3.65. The summed E-state index contributed by atoms with van der Waals surface area (Å²) in [6, 6.07) is 3.97. The molecule has 1 aromatic rings. The minimum absolute atomic E-state index is 0.409. The van der Waals surface area contributed by atoms with Crippen LogP contribution in [0, 0.1) is 0 Å². The first-order valence-electron chi connectivity index (χ1n) is 6.52. The van der Waals surface area contributed by atoms with Gasteiger partial charge in [-0.2, -0.15) is 13.2 Å². The quantitative estimate of drug-likeness (QED) is 0.897. The van der Waals surface area contributed by atoms with Crippen molar-refractivity contribution in [3.8, 4) is 0 Å². The number of carbonyl (C=O) groups is 1. The van der Waals surface area contributed by atoms with Crippen LogP contribution in [0.25, 0.3) is 0 Å². The van der Waals surface area contributed by atoms with Crippen LogP contribution in [0.5, 0.6) is 0 Å². The molecule has 0 unspecified atom stereocenters. The molecule has 1 amide bonds. The monoisotopic (exact) mass is 303 g/mol. The first-order chi connectivity index (χ1) is 9.84. The van der Waals surface area contributed by atoms with Gasteiger partial charge in [-0.25, -0.2) is 0 Å². The highest BCUT2D eigenvalue weighted by atomic mass is 19.4. The molecule has 7 heteroatoms. The second kappa shape index (κ2) is 6.03. The molecule has 1 aliphatic rings. The van der Waals surface area contributed by atoms with Crippen LogP contribution in [0.4, 0.5) is 13.2 Å². The Labute approximate surface area is 119 Å². The summed E-state index contributed by atoms with van der Waals surface area (Å²) in [5.74, 6) is -0.844. The summed E-state index contributed by atoms with van der Waals surface area (Å²) < 4.78 is 43.6. The Balaban J connectivity index is 2.15. The maximum Gasteiger partial charge on any atom is 0.417 e. The molecule has 2 rings (SSSR count). The van der Waals surface area contributed by atoms with E-state index in [4.69, 9.17) is 4.74 Å². The summed E-state index contributed by atoms with van der Waals surface area (Å²) in [7, 11) is 1.44. The number of aliphatic hydroxyl groups excluding tert-OH is 1. The van der Waals surface area contributed by atoms with E-state index < -0.39 is 41.5 Å². The van der Waals surface area contributed by atoms with Gasteiger partial charge in [0.25, 0.3) is 5.91 Å². The molecule has 1 saturated carbocycles. The standard InChI is InChI=1S/C14H16F3NO3/c1-21-11-7-6-10(12(11)19)18-13(20)8-4-2-3-5-9(8)14(15,16)17/h2-5,10-12,19H,6-7H2,1H3,(H,18,20)/t10-,11-,12-/m1/s1. The molecule has 0 heterocycles. The number of amides is 1. The van der Waals surface area contributed by atoms with Crippen LogP contribution in [0.2, 0.25) is 0 Å². The zero-order chi connectivity index (χ0) is 15.6. The van der Waals surface area contributed by atoms with Gasteiger partial charge in [0.15, 0.2) is 0 Å². The molecule has 1 fully saturated rings. The second-order valence-corrected chi connectivity index (χ2v) is 4.97. The van der Waals surface area contributed by atoms with Gasteiger partial charge in [-0.15, -0.1) is 0 Å². The highest BCUT2D eigenvalue weighted by Gasteiger charge is 2.38. The average molecular weight is 303 g/mol. The molecule has 0 aliphatic heterocycles. The molecule has 21 heavy (non-hydrogen) atoms. The van der Waals surface area contributed by atoms with Gasteiger partial charge in [-0.05, 0) is 25.0 Å². The lowest BCUT2D eigenvalue weighted by atomic mass is 10.1. The number of ether oxygens (including phenoxy) is 1. The SMILES string of the molecule is CO[C@@H]1CC[C@@H](NC(=O)c2ccccc2C(F)(F)F)[C@H]1O. The van der Waals surface area contributed by atoms with Gasteiger partial charge in [0.1, 0.15) is 6.10 Å². The molecule has 1 aromatic carbocycles. The molecule has 2 N–H and O–H groups in total. The van der Waals surface area contributed by atoms with E-state index in [1.54, 1.807) is 0 Å². The van der Waals surface area contributed by atoms with Crippen molar-refractivity contribution in [2.75, 3.05) is 7.11 Å². The van der Waals surface area contributed by atoms with E-state index in [0.29, 0.717) is 12.8 Å². The Kier molecular flexibility index (Phi) is 4.53. The minimum Gasteiger partial charge on any atom is -0.388 e. The van der Waals surface area contributed by atoms with E-state index in [0.717, 1.165) is 12.1 Å². The van der Waals surface area contributed by atoms with Crippen molar-refractivity contribution < 1.29 is 27.8 Å². The minimum atomic E-state index is -4.60. The van der Waals surface area contributed by atoms with Crippen molar-refractivity contribution in [2.24, 2.45) is 0 Å². The van der Waals surface area contributed by atoms with Gasteiger partial charge in [-0.1, -0.05) is 12.1 Å². The number of hydrogen-bond donors (Lipinski definition) is 2. The zero-order valence-corrected chi connectivity index (χ0v) is 11.4. The van der Waals surface area contributed by atoms with Gasteiger partial charge in [0.2, 0.25) is 0 Å². The highest BCUT2D eigenvalue weighted by molar-refractivity contribution is 5.96. The van der Waals surface area contributed by atoms with E-state index in [-0.39, 0.29) is 0 Å². The summed E-state index contributed by atoms with van der Waals surface area (Å²) in [6.45, 7) is 0.